The molecule has 1 aliphatic heterocycles. The van der Waals surface area contributed by atoms with Crippen LogP contribution in [0.25, 0.3) is 0 Å². The van der Waals surface area contributed by atoms with Gasteiger partial charge in [0.05, 0.1) is 17.5 Å². The highest BCUT2D eigenvalue weighted by molar-refractivity contribution is 8.00. The lowest BCUT2D eigenvalue weighted by atomic mass is 10.1. The van der Waals surface area contributed by atoms with E-state index in [0.717, 1.165) is 10.5 Å². The molecule has 27 heavy (non-hydrogen) atoms. The summed E-state index contributed by atoms with van der Waals surface area (Å²) in [6.07, 6.45) is 1.62. The maximum Gasteiger partial charge on any atom is 0.233 e. The summed E-state index contributed by atoms with van der Waals surface area (Å²) in [4.78, 5) is 15.7. The Bertz CT molecular complexity index is 953. The highest BCUT2D eigenvalue weighted by atomic mass is 32.2. The molecule has 0 unspecified atom stereocenters. The van der Waals surface area contributed by atoms with Gasteiger partial charge in [-0.1, -0.05) is 36.4 Å². The first-order valence-corrected chi connectivity index (χ1v) is 11.5. The second-order valence-electron chi connectivity index (χ2n) is 6.77. The molecular formula is C21H23NO3S2. The van der Waals surface area contributed by atoms with Crippen LogP contribution in [-0.4, -0.2) is 36.8 Å². The molecule has 2 aromatic rings. The van der Waals surface area contributed by atoms with Gasteiger partial charge in [0.2, 0.25) is 5.91 Å². The van der Waals surface area contributed by atoms with Crippen molar-refractivity contribution < 1.29 is 13.2 Å². The van der Waals surface area contributed by atoms with E-state index in [0.29, 0.717) is 6.54 Å². The predicted molar refractivity (Wildman–Crippen MR) is 110 cm³/mol. The Hall–Kier alpha value is -2.05. The third-order valence-corrected chi connectivity index (χ3v) is 7.02. The molecule has 0 saturated carbocycles. The molecule has 3 rings (SSSR count). The topological polar surface area (TPSA) is 54.5 Å². The lowest BCUT2D eigenvalue weighted by molar-refractivity contribution is -0.130. The van der Waals surface area contributed by atoms with E-state index in [9.17, 15) is 13.2 Å². The standard InChI is InChI=1S/C21H23NO3S2/c1-16-8-9-20(12-17(16)2)26-14-21(23)22(13-18-6-4-3-5-7-18)19-10-11-27(24,25)15-19/h3-12,19H,13-15H2,1-2H3/t19-/m1/s1. The molecule has 0 aliphatic carbocycles. The average molecular weight is 402 g/mol. The van der Waals surface area contributed by atoms with Gasteiger partial charge >= 0.3 is 0 Å². The number of thioether (sulfide) groups is 1. The number of hydrogen-bond donors (Lipinski definition) is 0. The highest BCUT2D eigenvalue weighted by Gasteiger charge is 2.30. The van der Waals surface area contributed by atoms with Crippen LogP contribution in [0.2, 0.25) is 0 Å². The van der Waals surface area contributed by atoms with Gasteiger partial charge in [-0.3, -0.25) is 4.79 Å². The van der Waals surface area contributed by atoms with Crippen molar-refractivity contribution in [1.82, 2.24) is 4.90 Å². The van der Waals surface area contributed by atoms with E-state index in [4.69, 9.17) is 0 Å². The van der Waals surface area contributed by atoms with Crippen LogP contribution in [0.4, 0.5) is 0 Å². The van der Waals surface area contributed by atoms with Gasteiger partial charge in [0.25, 0.3) is 0 Å². The fraction of sp³-hybridized carbons (Fsp3) is 0.286. The Balaban J connectivity index is 1.74. The molecule has 142 valence electrons. The van der Waals surface area contributed by atoms with Gasteiger partial charge in [-0.05, 0) is 48.7 Å². The van der Waals surface area contributed by atoms with Gasteiger partial charge in [-0.2, -0.15) is 0 Å². The van der Waals surface area contributed by atoms with Crippen molar-refractivity contribution in [3.05, 3.63) is 76.7 Å². The number of sulfone groups is 1. The van der Waals surface area contributed by atoms with Crippen molar-refractivity contribution in [1.29, 1.82) is 0 Å². The largest absolute Gasteiger partial charge is 0.330 e. The van der Waals surface area contributed by atoms with Crippen molar-refractivity contribution in [3.63, 3.8) is 0 Å². The van der Waals surface area contributed by atoms with Gasteiger partial charge in [0, 0.05) is 16.8 Å². The fourth-order valence-corrected chi connectivity index (χ4v) is 5.13. The van der Waals surface area contributed by atoms with Gasteiger partial charge in [0.15, 0.2) is 9.84 Å². The average Bonchev–Trinajstić information content (AvgIpc) is 3.01. The Morgan fingerprint density at radius 3 is 2.48 bits per heavy atom. The maximum atomic E-state index is 12.9. The van der Waals surface area contributed by atoms with Crippen LogP contribution in [0.15, 0.2) is 64.9 Å². The monoisotopic (exact) mass is 401 g/mol. The molecule has 2 aromatic carbocycles. The number of amides is 1. The first-order chi connectivity index (χ1) is 12.8. The zero-order valence-electron chi connectivity index (χ0n) is 15.5. The van der Waals surface area contributed by atoms with Crippen molar-refractivity contribution in [2.75, 3.05) is 11.5 Å². The van der Waals surface area contributed by atoms with E-state index in [1.807, 2.05) is 36.4 Å². The third kappa shape index (κ3) is 5.23. The molecule has 4 nitrogen and oxygen atoms in total. The smallest absolute Gasteiger partial charge is 0.233 e. The normalized spacial score (nSPS) is 17.8. The maximum absolute atomic E-state index is 12.9. The van der Waals surface area contributed by atoms with E-state index < -0.39 is 15.9 Å². The minimum atomic E-state index is -3.23. The first-order valence-electron chi connectivity index (χ1n) is 8.78. The Labute approximate surface area is 165 Å². The van der Waals surface area contributed by atoms with Crippen LogP contribution in [-0.2, 0) is 21.2 Å². The van der Waals surface area contributed by atoms with E-state index in [2.05, 4.69) is 26.0 Å². The zero-order chi connectivity index (χ0) is 19.4. The fourth-order valence-electron chi connectivity index (χ4n) is 2.96. The molecule has 0 aromatic heterocycles. The number of carbonyl (C=O) groups is 1. The van der Waals surface area contributed by atoms with Crippen LogP contribution in [0.1, 0.15) is 16.7 Å². The predicted octanol–water partition coefficient (Wildman–Crippen LogP) is 3.74. The molecule has 0 saturated heterocycles. The van der Waals surface area contributed by atoms with Crippen molar-refractivity contribution >= 4 is 27.5 Å². The summed E-state index contributed by atoms with van der Waals surface area (Å²) in [5.41, 5.74) is 3.40. The summed E-state index contributed by atoms with van der Waals surface area (Å²) in [5, 5.41) is 1.22. The molecule has 1 atom stereocenters. The van der Waals surface area contributed by atoms with Crippen molar-refractivity contribution in [2.45, 2.75) is 31.3 Å². The van der Waals surface area contributed by atoms with Gasteiger partial charge < -0.3 is 4.90 Å². The van der Waals surface area contributed by atoms with E-state index in [1.165, 1.54) is 28.3 Å². The van der Waals surface area contributed by atoms with E-state index in [1.54, 1.807) is 11.0 Å². The molecule has 6 heteroatoms. The van der Waals surface area contributed by atoms with Crippen LogP contribution in [0.3, 0.4) is 0 Å². The zero-order valence-corrected chi connectivity index (χ0v) is 17.1. The number of rotatable bonds is 6. The van der Waals surface area contributed by atoms with Crippen molar-refractivity contribution in [3.8, 4) is 0 Å². The number of hydrogen-bond acceptors (Lipinski definition) is 4. The summed E-state index contributed by atoms with van der Waals surface area (Å²) < 4.78 is 23.7. The number of nitrogens with zero attached hydrogens (tertiary/aromatic N) is 1. The quantitative estimate of drug-likeness (QED) is 0.692. The number of carbonyl (C=O) groups excluding carboxylic acids is 1. The molecular weight excluding hydrogens is 378 g/mol. The van der Waals surface area contributed by atoms with Crippen LogP contribution in [0.5, 0.6) is 0 Å². The van der Waals surface area contributed by atoms with Crippen LogP contribution >= 0.6 is 11.8 Å². The molecule has 1 heterocycles. The van der Waals surface area contributed by atoms with Gasteiger partial charge in [-0.25, -0.2) is 8.42 Å². The molecule has 0 spiro atoms. The molecule has 0 radical (unpaired) electrons. The number of benzene rings is 2. The summed E-state index contributed by atoms with van der Waals surface area (Å²) in [7, 11) is -3.23. The Kier molecular flexibility index (Phi) is 6.07. The minimum absolute atomic E-state index is 0.0418. The van der Waals surface area contributed by atoms with E-state index in [-0.39, 0.29) is 17.4 Å². The van der Waals surface area contributed by atoms with E-state index >= 15 is 0 Å². The summed E-state index contributed by atoms with van der Waals surface area (Å²) >= 11 is 1.48. The van der Waals surface area contributed by atoms with Crippen LogP contribution < -0.4 is 0 Å². The summed E-state index contributed by atoms with van der Waals surface area (Å²) in [6.45, 7) is 4.51. The minimum Gasteiger partial charge on any atom is -0.330 e. The molecule has 1 aliphatic rings. The Morgan fingerprint density at radius 1 is 1.11 bits per heavy atom. The lowest BCUT2D eigenvalue weighted by Crippen LogP contribution is -2.41. The summed E-state index contributed by atoms with van der Waals surface area (Å²) in [5.74, 6) is 0.174. The second-order valence-corrected chi connectivity index (χ2v) is 9.75. The Morgan fingerprint density at radius 2 is 1.85 bits per heavy atom. The van der Waals surface area contributed by atoms with Crippen molar-refractivity contribution in [2.24, 2.45) is 0 Å². The molecule has 0 fully saturated rings. The SMILES string of the molecule is Cc1ccc(SCC(=O)N(Cc2ccccc2)[C@@H]2C=CS(=O)(=O)C2)cc1C. The second kappa shape index (κ2) is 8.31. The van der Waals surface area contributed by atoms with Crippen LogP contribution in [0, 0.1) is 13.8 Å². The third-order valence-electron chi connectivity index (χ3n) is 4.67. The van der Waals surface area contributed by atoms with Gasteiger partial charge in [-0.15, -0.1) is 11.8 Å². The summed E-state index contributed by atoms with van der Waals surface area (Å²) in [6, 6.07) is 15.4. The molecule has 0 bridgehead atoms. The molecule has 0 N–H and O–H groups in total. The van der Waals surface area contributed by atoms with Gasteiger partial charge in [0.1, 0.15) is 0 Å². The number of aryl methyl sites for hydroxylation is 2. The first kappa shape index (κ1) is 19.7. The molecule has 1 amide bonds. The lowest BCUT2D eigenvalue weighted by Gasteiger charge is -2.27. The highest BCUT2D eigenvalue weighted by Crippen LogP contribution is 2.24.